The molecule has 148 valence electrons. The van der Waals surface area contributed by atoms with Gasteiger partial charge in [0, 0.05) is 6.04 Å². The Morgan fingerprint density at radius 3 is 2.82 bits per heavy atom. The number of hydrogen-bond donors (Lipinski definition) is 1. The molecule has 1 saturated carbocycles. The summed E-state index contributed by atoms with van der Waals surface area (Å²) in [6.07, 6.45) is 8.03. The molecule has 2 aromatic rings. The van der Waals surface area contributed by atoms with Crippen molar-refractivity contribution in [3.63, 3.8) is 0 Å². The summed E-state index contributed by atoms with van der Waals surface area (Å²) in [5.41, 5.74) is 1.20. The molecule has 4 heterocycles. The van der Waals surface area contributed by atoms with Crippen molar-refractivity contribution in [2.45, 2.75) is 75.7 Å². The molecule has 2 aliphatic heterocycles. The standard InChI is InChI=1S/C19H22FN5O3/c1-4-12-14-15(28-19(2,3)27-14)18(26-12)25-9-23-13-16(21-8-22-17(13)25)24-11-6-5-10(20)7-11/h1,8-12,14-15,18H,5-7H2,2-3H3,(H,21,22,24)/t10?,11?,12-,14-,15-,18-/m1/s1. The number of imidazole rings is 1. The Balaban J connectivity index is 1.47. The van der Waals surface area contributed by atoms with Gasteiger partial charge in [0.1, 0.15) is 30.8 Å². The van der Waals surface area contributed by atoms with Gasteiger partial charge in [-0.15, -0.1) is 6.42 Å². The van der Waals surface area contributed by atoms with E-state index in [0.717, 1.165) is 6.42 Å². The van der Waals surface area contributed by atoms with Crippen molar-refractivity contribution >= 4 is 17.0 Å². The van der Waals surface area contributed by atoms with Crippen LogP contribution in [0.5, 0.6) is 0 Å². The van der Waals surface area contributed by atoms with Crippen LogP contribution in [0.2, 0.25) is 0 Å². The SMILES string of the molecule is C#C[C@H]1O[C@@H](n2cnc3c(NC4CCC(F)C4)ncnc32)[C@@H]2OC(C)(C)O[C@@H]21. The van der Waals surface area contributed by atoms with Crippen molar-refractivity contribution in [3.05, 3.63) is 12.7 Å². The number of alkyl halides is 1. The second-order valence-corrected chi connectivity index (χ2v) is 7.98. The lowest BCUT2D eigenvalue weighted by Gasteiger charge is -2.23. The average Bonchev–Trinajstić information content (AvgIpc) is 3.38. The van der Waals surface area contributed by atoms with Gasteiger partial charge in [-0.25, -0.2) is 19.3 Å². The highest BCUT2D eigenvalue weighted by atomic mass is 19.1. The maximum atomic E-state index is 13.5. The van der Waals surface area contributed by atoms with Crippen LogP contribution in [0.25, 0.3) is 11.2 Å². The first-order chi connectivity index (χ1) is 13.4. The molecular weight excluding hydrogens is 365 g/mol. The van der Waals surface area contributed by atoms with Gasteiger partial charge in [-0.1, -0.05) is 5.92 Å². The first kappa shape index (κ1) is 17.8. The number of aromatic nitrogens is 4. The number of ether oxygens (including phenoxy) is 3. The quantitative estimate of drug-likeness (QED) is 0.808. The molecule has 1 aliphatic carbocycles. The van der Waals surface area contributed by atoms with Gasteiger partial charge in [-0.2, -0.15) is 0 Å². The fourth-order valence-electron chi connectivity index (χ4n) is 4.33. The smallest absolute Gasteiger partial charge is 0.167 e. The zero-order valence-corrected chi connectivity index (χ0v) is 15.7. The van der Waals surface area contributed by atoms with Crippen molar-refractivity contribution in [2.75, 3.05) is 5.32 Å². The largest absolute Gasteiger partial charge is 0.365 e. The van der Waals surface area contributed by atoms with Crippen LogP contribution in [0.15, 0.2) is 12.7 Å². The maximum absolute atomic E-state index is 13.5. The van der Waals surface area contributed by atoms with Crippen molar-refractivity contribution in [3.8, 4) is 12.3 Å². The summed E-state index contributed by atoms with van der Waals surface area (Å²) < 4.78 is 33.3. The van der Waals surface area contributed by atoms with Crippen LogP contribution in [0.3, 0.4) is 0 Å². The Labute approximate surface area is 161 Å². The predicted octanol–water partition coefficient (Wildman–Crippen LogP) is 2.18. The zero-order valence-electron chi connectivity index (χ0n) is 15.7. The maximum Gasteiger partial charge on any atom is 0.167 e. The van der Waals surface area contributed by atoms with Crippen LogP contribution in [0.4, 0.5) is 10.2 Å². The van der Waals surface area contributed by atoms with Gasteiger partial charge in [-0.05, 0) is 33.1 Å². The molecule has 0 amide bonds. The normalized spacial score (nSPS) is 36.5. The van der Waals surface area contributed by atoms with Gasteiger partial charge in [-0.3, -0.25) is 4.57 Å². The zero-order chi connectivity index (χ0) is 19.5. The molecule has 3 aliphatic rings. The highest BCUT2D eigenvalue weighted by Gasteiger charge is 2.55. The number of halogens is 1. The number of fused-ring (bicyclic) bond motifs is 2. The number of nitrogens with zero attached hydrogens (tertiary/aromatic N) is 4. The molecule has 0 radical (unpaired) electrons. The Kier molecular flexibility index (Phi) is 4.05. The van der Waals surface area contributed by atoms with Gasteiger partial charge in [0.15, 0.2) is 29.0 Å². The van der Waals surface area contributed by atoms with Gasteiger partial charge in [0.25, 0.3) is 0 Å². The summed E-state index contributed by atoms with van der Waals surface area (Å²) in [5, 5.41) is 3.30. The van der Waals surface area contributed by atoms with Gasteiger partial charge >= 0.3 is 0 Å². The Hall–Kier alpha value is -2.28. The lowest BCUT2D eigenvalue weighted by atomic mass is 10.1. The summed E-state index contributed by atoms with van der Waals surface area (Å²) >= 11 is 0. The van der Waals surface area contributed by atoms with E-state index in [9.17, 15) is 4.39 Å². The third-order valence-electron chi connectivity index (χ3n) is 5.54. The molecule has 1 N–H and O–H groups in total. The first-order valence-corrected chi connectivity index (χ1v) is 9.50. The van der Waals surface area contributed by atoms with E-state index in [0.29, 0.717) is 29.8 Å². The summed E-state index contributed by atoms with van der Waals surface area (Å²) in [7, 11) is 0. The van der Waals surface area contributed by atoms with Crippen molar-refractivity contribution < 1.29 is 18.6 Å². The van der Waals surface area contributed by atoms with Crippen LogP contribution in [0.1, 0.15) is 39.3 Å². The average molecular weight is 387 g/mol. The van der Waals surface area contributed by atoms with E-state index in [4.69, 9.17) is 20.6 Å². The minimum atomic E-state index is -0.764. The van der Waals surface area contributed by atoms with Gasteiger partial charge < -0.3 is 19.5 Å². The summed E-state index contributed by atoms with van der Waals surface area (Å²) in [6, 6.07) is 0.0450. The molecule has 28 heavy (non-hydrogen) atoms. The van der Waals surface area contributed by atoms with Crippen LogP contribution in [-0.2, 0) is 14.2 Å². The van der Waals surface area contributed by atoms with E-state index in [1.54, 1.807) is 10.9 Å². The molecule has 0 aromatic carbocycles. The molecular formula is C19H22FN5O3. The number of hydrogen-bond acceptors (Lipinski definition) is 7. The molecule has 2 aromatic heterocycles. The Morgan fingerprint density at radius 1 is 1.25 bits per heavy atom. The predicted molar refractivity (Wildman–Crippen MR) is 98.0 cm³/mol. The van der Waals surface area contributed by atoms with Crippen LogP contribution in [-0.4, -0.2) is 55.8 Å². The summed E-state index contributed by atoms with van der Waals surface area (Å²) in [4.78, 5) is 13.2. The Morgan fingerprint density at radius 2 is 2.07 bits per heavy atom. The molecule has 3 fully saturated rings. The van der Waals surface area contributed by atoms with Crippen LogP contribution in [0, 0.1) is 12.3 Å². The van der Waals surface area contributed by atoms with Crippen LogP contribution >= 0.6 is 0 Å². The molecule has 9 heteroatoms. The number of rotatable bonds is 3. The fourth-order valence-corrected chi connectivity index (χ4v) is 4.33. The molecule has 2 saturated heterocycles. The molecule has 6 atom stereocenters. The second kappa shape index (κ2) is 6.37. The highest BCUT2D eigenvalue weighted by Crippen LogP contribution is 2.43. The minimum absolute atomic E-state index is 0.0450. The van der Waals surface area contributed by atoms with Gasteiger partial charge in [0.05, 0.1) is 6.33 Å². The van der Waals surface area contributed by atoms with E-state index in [2.05, 4.69) is 26.2 Å². The molecule has 2 unspecified atom stereocenters. The van der Waals surface area contributed by atoms with E-state index in [1.165, 1.54) is 6.33 Å². The van der Waals surface area contributed by atoms with Crippen molar-refractivity contribution in [2.24, 2.45) is 0 Å². The summed E-state index contributed by atoms with van der Waals surface area (Å²) in [6.45, 7) is 3.71. The third kappa shape index (κ3) is 2.83. The molecule has 8 nitrogen and oxygen atoms in total. The molecule has 5 rings (SSSR count). The number of terminal acetylenes is 1. The molecule has 0 spiro atoms. The summed E-state index contributed by atoms with van der Waals surface area (Å²) in [5.74, 6) is 2.49. The topological polar surface area (TPSA) is 83.3 Å². The lowest BCUT2D eigenvalue weighted by molar-refractivity contribution is -0.190. The number of nitrogens with one attached hydrogen (secondary N) is 1. The van der Waals surface area contributed by atoms with Crippen molar-refractivity contribution in [1.29, 1.82) is 0 Å². The van der Waals surface area contributed by atoms with Crippen LogP contribution < -0.4 is 5.32 Å². The van der Waals surface area contributed by atoms with E-state index in [-0.39, 0.29) is 18.2 Å². The Bertz CT molecular complexity index is 941. The fraction of sp³-hybridized carbons (Fsp3) is 0.632. The van der Waals surface area contributed by atoms with E-state index < -0.39 is 24.3 Å². The first-order valence-electron chi connectivity index (χ1n) is 9.50. The van der Waals surface area contributed by atoms with Gasteiger partial charge in [0.2, 0.25) is 0 Å². The monoisotopic (exact) mass is 387 g/mol. The second-order valence-electron chi connectivity index (χ2n) is 7.98. The molecule has 0 bridgehead atoms. The van der Waals surface area contributed by atoms with Crippen molar-refractivity contribution in [1.82, 2.24) is 19.5 Å². The lowest BCUT2D eigenvalue weighted by Crippen LogP contribution is -2.28. The number of anilines is 1. The van der Waals surface area contributed by atoms with E-state index >= 15 is 0 Å². The highest BCUT2D eigenvalue weighted by molar-refractivity contribution is 5.82. The third-order valence-corrected chi connectivity index (χ3v) is 5.54. The van der Waals surface area contributed by atoms with E-state index in [1.807, 2.05) is 13.8 Å². The minimum Gasteiger partial charge on any atom is -0.365 e.